The molecule has 4 heteroatoms. The minimum Gasteiger partial charge on any atom is -0.398 e. The molecule has 0 saturated heterocycles. The van der Waals surface area contributed by atoms with Crippen LogP contribution in [0.1, 0.15) is 24.0 Å². The second-order valence-electron chi connectivity index (χ2n) is 5.52. The number of nitrogens with one attached hydrogen (secondary N) is 1. The van der Waals surface area contributed by atoms with Crippen molar-refractivity contribution in [1.82, 2.24) is 10.4 Å². The highest BCUT2D eigenvalue weighted by atomic mass is 15.2. The molecule has 1 aliphatic rings. The smallest absolute Gasteiger partial charge is 0.0378 e. The number of nitrogen functional groups attached to an aromatic ring is 1. The number of rotatable bonds is 5. The maximum Gasteiger partial charge on any atom is 0.0378 e. The maximum absolute atomic E-state index is 6.02. The Balaban J connectivity index is 1.86. The summed E-state index contributed by atoms with van der Waals surface area (Å²) in [5, 5.41) is 0. The molecule has 0 spiro atoms. The van der Waals surface area contributed by atoms with Crippen LogP contribution in [0.3, 0.4) is 0 Å². The Hall–Kier alpha value is -1.91. The summed E-state index contributed by atoms with van der Waals surface area (Å²) in [6.07, 6.45) is 6.66. The van der Waals surface area contributed by atoms with Gasteiger partial charge in [0.25, 0.3) is 0 Å². The third-order valence-electron chi connectivity index (χ3n) is 4.37. The molecule has 1 aliphatic carbocycles. The topological polar surface area (TPSA) is 77.0 Å². The van der Waals surface area contributed by atoms with Crippen LogP contribution in [0.5, 0.6) is 0 Å². The maximum atomic E-state index is 6.02. The van der Waals surface area contributed by atoms with Crippen LogP contribution in [-0.2, 0) is 11.8 Å². The highest BCUT2D eigenvalue weighted by Gasteiger charge is 2.50. The number of hydrogen-bond donors (Lipinski definition) is 3. The minimum absolute atomic E-state index is 0.137. The van der Waals surface area contributed by atoms with Crippen LogP contribution in [-0.4, -0.2) is 11.0 Å². The molecule has 4 nitrogen and oxygen atoms in total. The van der Waals surface area contributed by atoms with E-state index in [4.69, 9.17) is 11.6 Å². The molecule has 1 fully saturated rings. The molecule has 5 N–H and O–H groups in total. The van der Waals surface area contributed by atoms with Crippen LogP contribution < -0.4 is 17.0 Å². The van der Waals surface area contributed by atoms with E-state index in [1.807, 2.05) is 18.3 Å². The summed E-state index contributed by atoms with van der Waals surface area (Å²) in [7, 11) is 0. The van der Waals surface area contributed by atoms with E-state index < -0.39 is 0 Å². The zero-order valence-corrected chi connectivity index (χ0v) is 11.4. The molecule has 0 bridgehead atoms. The molecule has 1 atom stereocenters. The molecule has 1 aromatic carbocycles. The molecule has 20 heavy (non-hydrogen) atoms. The average Bonchev–Trinajstić information content (AvgIpc) is 3.29. The summed E-state index contributed by atoms with van der Waals surface area (Å²) in [6.45, 7) is 0. The molecule has 1 saturated carbocycles. The SMILES string of the molecule is NNC(Cc1cnccc1N)C1(c2ccccc2)CC1. The van der Waals surface area contributed by atoms with Gasteiger partial charge in [-0.05, 0) is 36.5 Å². The van der Waals surface area contributed by atoms with Gasteiger partial charge in [0.1, 0.15) is 0 Å². The van der Waals surface area contributed by atoms with E-state index in [0.717, 1.165) is 30.5 Å². The first-order valence-corrected chi connectivity index (χ1v) is 6.96. The van der Waals surface area contributed by atoms with Crippen molar-refractivity contribution in [3.8, 4) is 0 Å². The third-order valence-corrected chi connectivity index (χ3v) is 4.37. The number of nitrogens with two attached hydrogens (primary N) is 2. The molecule has 1 heterocycles. The lowest BCUT2D eigenvalue weighted by atomic mass is 9.85. The summed E-state index contributed by atoms with van der Waals surface area (Å²) < 4.78 is 0. The molecule has 3 rings (SSSR count). The second-order valence-corrected chi connectivity index (χ2v) is 5.52. The molecular formula is C16H20N4. The summed E-state index contributed by atoms with van der Waals surface area (Å²) >= 11 is 0. The Bertz CT molecular complexity index is 578. The van der Waals surface area contributed by atoms with Crippen molar-refractivity contribution in [2.75, 3.05) is 5.73 Å². The van der Waals surface area contributed by atoms with Crippen LogP contribution in [0.15, 0.2) is 48.8 Å². The standard InChI is InChI=1S/C16H20N4/c17-14-6-9-19-11-12(14)10-15(20-18)16(7-8-16)13-4-2-1-3-5-13/h1-6,9,11,15,20H,7-8,10,18H2,(H2,17,19). The number of anilines is 1. The van der Waals surface area contributed by atoms with Gasteiger partial charge < -0.3 is 5.73 Å². The van der Waals surface area contributed by atoms with Crippen molar-refractivity contribution in [3.63, 3.8) is 0 Å². The average molecular weight is 268 g/mol. The Morgan fingerprint density at radius 2 is 1.95 bits per heavy atom. The van der Waals surface area contributed by atoms with Crippen molar-refractivity contribution in [3.05, 3.63) is 59.9 Å². The number of pyridine rings is 1. The molecule has 1 aromatic heterocycles. The van der Waals surface area contributed by atoms with Crippen molar-refractivity contribution >= 4 is 5.69 Å². The van der Waals surface area contributed by atoms with Crippen LogP contribution >= 0.6 is 0 Å². The Kier molecular flexibility index (Phi) is 3.42. The Morgan fingerprint density at radius 1 is 1.20 bits per heavy atom. The van der Waals surface area contributed by atoms with Crippen LogP contribution in [0.4, 0.5) is 5.69 Å². The molecule has 2 aromatic rings. The lowest BCUT2D eigenvalue weighted by Crippen LogP contribution is -2.45. The third kappa shape index (κ3) is 2.28. The van der Waals surface area contributed by atoms with Crippen molar-refractivity contribution < 1.29 is 0 Å². The quantitative estimate of drug-likeness (QED) is 0.570. The van der Waals surface area contributed by atoms with Crippen molar-refractivity contribution in [2.45, 2.75) is 30.7 Å². The summed E-state index contributed by atoms with van der Waals surface area (Å²) in [5.41, 5.74) is 12.3. The lowest BCUT2D eigenvalue weighted by molar-refractivity contribution is 0.421. The van der Waals surface area contributed by atoms with E-state index in [9.17, 15) is 0 Å². The first kappa shape index (κ1) is 13.1. The van der Waals surface area contributed by atoms with Crippen LogP contribution in [0, 0.1) is 0 Å². The molecule has 1 unspecified atom stereocenters. The van der Waals surface area contributed by atoms with Gasteiger partial charge in [0.2, 0.25) is 0 Å². The van der Waals surface area contributed by atoms with E-state index in [2.05, 4.69) is 34.7 Å². The van der Waals surface area contributed by atoms with Gasteiger partial charge in [0.05, 0.1) is 0 Å². The predicted octanol–water partition coefficient (Wildman–Crippen LogP) is 1.77. The zero-order chi connectivity index (χ0) is 14.0. The lowest BCUT2D eigenvalue weighted by Gasteiger charge is -2.27. The largest absolute Gasteiger partial charge is 0.398 e. The molecule has 0 aliphatic heterocycles. The first-order valence-electron chi connectivity index (χ1n) is 6.96. The number of aromatic nitrogens is 1. The van der Waals surface area contributed by atoms with E-state index in [-0.39, 0.29) is 11.5 Å². The Labute approximate surface area is 119 Å². The zero-order valence-electron chi connectivity index (χ0n) is 11.4. The Morgan fingerprint density at radius 3 is 2.55 bits per heavy atom. The van der Waals surface area contributed by atoms with Gasteiger partial charge in [0, 0.05) is 29.5 Å². The van der Waals surface area contributed by atoms with Gasteiger partial charge in [0.15, 0.2) is 0 Å². The molecule has 0 radical (unpaired) electrons. The second kappa shape index (κ2) is 5.23. The fraction of sp³-hybridized carbons (Fsp3) is 0.312. The molecular weight excluding hydrogens is 248 g/mol. The fourth-order valence-electron chi connectivity index (χ4n) is 2.99. The fourth-order valence-corrected chi connectivity index (χ4v) is 2.99. The monoisotopic (exact) mass is 268 g/mol. The van der Waals surface area contributed by atoms with E-state index >= 15 is 0 Å². The number of benzene rings is 1. The van der Waals surface area contributed by atoms with Crippen LogP contribution in [0.2, 0.25) is 0 Å². The van der Waals surface area contributed by atoms with E-state index in [1.165, 1.54) is 5.56 Å². The van der Waals surface area contributed by atoms with Crippen molar-refractivity contribution in [2.24, 2.45) is 5.84 Å². The molecule has 0 amide bonds. The predicted molar refractivity (Wildman–Crippen MR) is 80.8 cm³/mol. The van der Waals surface area contributed by atoms with E-state index in [0.29, 0.717) is 0 Å². The normalized spacial score (nSPS) is 17.6. The van der Waals surface area contributed by atoms with Gasteiger partial charge >= 0.3 is 0 Å². The van der Waals surface area contributed by atoms with E-state index in [1.54, 1.807) is 6.20 Å². The van der Waals surface area contributed by atoms with Gasteiger partial charge in [-0.25, -0.2) is 0 Å². The summed E-state index contributed by atoms with van der Waals surface area (Å²) in [4.78, 5) is 4.16. The highest BCUT2D eigenvalue weighted by molar-refractivity contribution is 5.46. The number of hydrazine groups is 1. The number of hydrogen-bond acceptors (Lipinski definition) is 4. The van der Waals surface area contributed by atoms with Gasteiger partial charge in [-0.1, -0.05) is 30.3 Å². The van der Waals surface area contributed by atoms with Crippen LogP contribution in [0.25, 0.3) is 0 Å². The first-order chi connectivity index (χ1) is 9.76. The molecule has 104 valence electrons. The summed E-state index contributed by atoms with van der Waals surface area (Å²) in [5.74, 6) is 5.82. The minimum atomic E-state index is 0.137. The van der Waals surface area contributed by atoms with Gasteiger partial charge in [-0.2, -0.15) is 0 Å². The van der Waals surface area contributed by atoms with Crippen molar-refractivity contribution in [1.29, 1.82) is 0 Å². The highest BCUT2D eigenvalue weighted by Crippen LogP contribution is 2.51. The summed E-state index contributed by atoms with van der Waals surface area (Å²) in [6, 6.07) is 12.6. The van der Waals surface area contributed by atoms with Gasteiger partial charge in [-0.3, -0.25) is 16.3 Å². The van der Waals surface area contributed by atoms with Gasteiger partial charge in [-0.15, -0.1) is 0 Å². The number of nitrogens with zero attached hydrogens (tertiary/aromatic N) is 1.